The number of carbonyl (C=O) groups is 2. The largest absolute Gasteiger partial charge is 0.466 e. The van der Waals surface area contributed by atoms with E-state index in [0.717, 1.165) is 44.4 Å². The van der Waals surface area contributed by atoms with Crippen LogP contribution in [-0.2, 0) is 20.7 Å². The number of hydrogen-bond acceptors (Lipinski definition) is 4. The molecule has 0 radical (unpaired) electrons. The van der Waals surface area contributed by atoms with Gasteiger partial charge < -0.3 is 9.64 Å². The lowest BCUT2D eigenvalue weighted by Gasteiger charge is -2.41. The second kappa shape index (κ2) is 10.6. The summed E-state index contributed by atoms with van der Waals surface area (Å²) < 4.78 is 5.42. The first kappa shape index (κ1) is 20.8. The quantitative estimate of drug-likeness (QED) is 0.612. The van der Waals surface area contributed by atoms with Gasteiger partial charge in [0.2, 0.25) is 5.91 Å². The Kier molecular flexibility index (Phi) is 8.49. The van der Waals surface area contributed by atoms with Crippen LogP contribution < -0.4 is 0 Å². The van der Waals surface area contributed by atoms with Crippen molar-refractivity contribution >= 4 is 23.6 Å². The van der Waals surface area contributed by atoms with Crippen molar-refractivity contribution in [1.82, 2.24) is 4.90 Å². The van der Waals surface area contributed by atoms with Gasteiger partial charge in [-0.2, -0.15) is 11.8 Å². The molecule has 0 bridgehead atoms. The number of likely N-dealkylation sites (tertiary alicyclic amines) is 1. The molecule has 1 saturated heterocycles. The van der Waals surface area contributed by atoms with Crippen molar-refractivity contribution in [1.29, 1.82) is 0 Å². The van der Waals surface area contributed by atoms with Crippen LogP contribution >= 0.6 is 11.8 Å². The predicted octanol–water partition coefficient (Wildman–Crippen LogP) is 3.93. The summed E-state index contributed by atoms with van der Waals surface area (Å²) in [6.45, 7) is 3.50. The van der Waals surface area contributed by atoms with E-state index in [1.807, 2.05) is 36.3 Å². The van der Waals surface area contributed by atoms with E-state index >= 15 is 0 Å². The maximum absolute atomic E-state index is 12.8. The third-order valence-corrected chi connectivity index (χ3v) is 5.73. The molecule has 4 nitrogen and oxygen atoms in total. The number of amides is 1. The Morgan fingerprint density at radius 1 is 1.27 bits per heavy atom. The summed E-state index contributed by atoms with van der Waals surface area (Å²) in [6, 6.07) is 10.3. The number of hydrogen-bond donors (Lipinski definition) is 0. The summed E-state index contributed by atoms with van der Waals surface area (Å²) in [7, 11) is 0. The molecule has 0 N–H and O–H groups in total. The van der Waals surface area contributed by atoms with Crippen LogP contribution in [0.4, 0.5) is 0 Å². The molecule has 0 aromatic heterocycles. The molecule has 5 heteroatoms. The van der Waals surface area contributed by atoms with Gasteiger partial charge in [-0.25, -0.2) is 0 Å². The lowest BCUT2D eigenvalue weighted by atomic mass is 9.75. The van der Waals surface area contributed by atoms with E-state index in [2.05, 4.69) is 12.1 Å². The highest BCUT2D eigenvalue weighted by Crippen LogP contribution is 2.37. The molecule has 0 aliphatic carbocycles. The SMILES string of the molecule is CCOC(=O)[C@@]1(CCCc2ccccc2)CCCN(C(=O)CCSC)C1. The van der Waals surface area contributed by atoms with Gasteiger partial charge >= 0.3 is 5.97 Å². The number of nitrogens with zero attached hydrogens (tertiary/aromatic N) is 1. The van der Waals surface area contributed by atoms with E-state index in [0.29, 0.717) is 19.6 Å². The molecule has 2 rings (SSSR count). The summed E-state index contributed by atoms with van der Waals surface area (Å²) in [5.74, 6) is 0.863. The Morgan fingerprint density at radius 2 is 2.04 bits per heavy atom. The van der Waals surface area contributed by atoms with Gasteiger partial charge in [0, 0.05) is 25.3 Å². The number of rotatable bonds is 9. The van der Waals surface area contributed by atoms with Crippen molar-refractivity contribution in [2.75, 3.05) is 31.7 Å². The molecule has 144 valence electrons. The molecule has 1 aromatic rings. The molecule has 1 amide bonds. The van der Waals surface area contributed by atoms with Gasteiger partial charge in [0.1, 0.15) is 0 Å². The number of carbonyl (C=O) groups excluding carboxylic acids is 2. The van der Waals surface area contributed by atoms with Gasteiger partial charge in [-0.3, -0.25) is 9.59 Å². The minimum Gasteiger partial charge on any atom is -0.466 e. The summed E-state index contributed by atoms with van der Waals surface area (Å²) in [5, 5.41) is 0. The normalized spacial score (nSPS) is 20.0. The minimum absolute atomic E-state index is 0.129. The van der Waals surface area contributed by atoms with E-state index < -0.39 is 5.41 Å². The highest BCUT2D eigenvalue weighted by molar-refractivity contribution is 7.98. The molecular formula is C21H31NO3S. The van der Waals surface area contributed by atoms with E-state index in [9.17, 15) is 9.59 Å². The third-order valence-electron chi connectivity index (χ3n) is 5.12. The number of esters is 1. The van der Waals surface area contributed by atoms with E-state index in [1.54, 1.807) is 11.8 Å². The van der Waals surface area contributed by atoms with Crippen molar-refractivity contribution in [3.63, 3.8) is 0 Å². The standard InChI is InChI=1S/C21H31NO3S/c1-3-25-20(24)21(13-7-11-18-9-5-4-6-10-18)14-8-15-22(17-21)19(23)12-16-26-2/h4-6,9-10H,3,7-8,11-17H2,1-2H3/t21-/m0/s1. The Morgan fingerprint density at radius 3 is 2.73 bits per heavy atom. The van der Waals surface area contributed by atoms with Crippen molar-refractivity contribution in [3.05, 3.63) is 35.9 Å². The number of thioether (sulfide) groups is 1. The van der Waals surface area contributed by atoms with Gasteiger partial charge in [-0.05, 0) is 50.8 Å². The molecule has 1 aliphatic rings. The smallest absolute Gasteiger partial charge is 0.313 e. The molecule has 1 aromatic carbocycles. The maximum Gasteiger partial charge on any atom is 0.313 e. The van der Waals surface area contributed by atoms with E-state index in [1.165, 1.54) is 5.56 Å². The average Bonchev–Trinajstić information content (AvgIpc) is 2.67. The first-order chi connectivity index (χ1) is 12.6. The van der Waals surface area contributed by atoms with Crippen molar-refractivity contribution in [3.8, 4) is 0 Å². The van der Waals surface area contributed by atoms with Crippen LogP contribution in [0.1, 0.15) is 44.6 Å². The lowest BCUT2D eigenvalue weighted by Crippen LogP contribution is -2.50. The van der Waals surface area contributed by atoms with Gasteiger partial charge in [-0.1, -0.05) is 30.3 Å². The summed E-state index contributed by atoms with van der Waals surface area (Å²) in [5.41, 5.74) is 0.744. The van der Waals surface area contributed by atoms with Crippen LogP contribution in [0.3, 0.4) is 0 Å². The Hall–Kier alpha value is -1.49. The van der Waals surface area contributed by atoms with Gasteiger partial charge in [0.15, 0.2) is 0 Å². The van der Waals surface area contributed by atoms with Crippen LogP contribution in [0.5, 0.6) is 0 Å². The zero-order chi connectivity index (χ0) is 18.8. The fourth-order valence-electron chi connectivity index (χ4n) is 3.72. The molecule has 1 fully saturated rings. The Labute approximate surface area is 161 Å². The summed E-state index contributed by atoms with van der Waals surface area (Å²) in [4.78, 5) is 27.1. The Balaban J connectivity index is 2.03. The summed E-state index contributed by atoms with van der Waals surface area (Å²) >= 11 is 1.68. The molecule has 0 unspecified atom stereocenters. The molecular weight excluding hydrogens is 346 g/mol. The van der Waals surface area contributed by atoms with Crippen LogP contribution in [0.2, 0.25) is 0 Å². The predicted molar refractivity (Wildman–Crippen MR) is 107 cm³/mol. The van der Waals surface area contributed by atoms with Crippen molar-refractivity contribution < 1.29 is 14.3 Å². The highest BCUT2D eigenvalue weighted by Gasteiger charge is 2.44. The van der Waals surface area contributed by atoms with Crippen LogP contribution in [0.25, 0.3) is 0 Å². The number of piperidine rings is 1. The fraction of sp³-hybridized carbons (Fsp3) is 0.619. The average molecular weight is 378 g/mol. The zero-order valence-electron chi connectivity index (χ0n) is 16.0. The number of aryl methyl sites for hydroxylation is 1. The Bertz CT molecular complexity index is 578. The number of ether oxygens (including phenoxy) is 1. The van der Waals surface area contributed by atoms with Crippen LogP contribution in [-0.4, -0.2) is 48.5 Å². The number of benzene rings is 1. The van der Waals surface area contributed by atoms with Gasteiger partial charge in [0.25, 0.3) is 0 Å². The molecule has 1 atom stereocenters. The van der Waals surface area contributed by atoms with Crippen LogP contribution in [0, 0.1) is 5.41 Å². The van der Waals surface area contributed by atoms with Crippen molar-refractivity contribution in [2.45, 2.75) is 45.4 Å². The molecule has 1 heterocycles. The fourth-order valence-corrected chi connectivity index (χ4v) is 4.10. The highest BCUT2D eigenvalue weighted by atomic mass is 32.2. The van der Waals surface area contributed by atoms with Gasteiger partial charge in [0.05, 0.1) is 12.0 Å². The summed E-state index contributed by atoms with van der Waals surface area (Å²) in [6.07, 6.45) is 6.88. The topological polar surface area (TPSA) is 46.6 Å². The second-order valence-corrected chi connectivity index (χ2v) is 7.99. The van der Waals surface area contributed by atoms with Crippen molar-refractivity contribution in [2.24, 2.45) is 5.41 Å². The first-order valence-electron chi connectivity index (χ1n) is 9.59. The van der Waals surface area contributed by atoms with Crippen LogP contribution in [0.15, 0.2) is 30.3 Å². The molecule has 1 aliphatic heterocycles. The lowest BCUT2D eigenvalue weighted by molar-refractivity contribution is -0.161. The van der Waals surface area contributed by atoms with E-state index in [-0.39, 0.29) is 11.9 Å². The molecule has 0 spiro atoms. The second-order valence-electron chi connectivity index (χ2n) is 7.00. The van der Waals surface area contributed by atoms with E-state index in [4.69, 9.17) is 4.74 Å². The first-order valence-corrected chi connectivity index (χ1v) is 11.0. The molecule has 0 saturated carbocycles. The monoisotopic (exact) mass is 377 g/mol. The maximum atomic E-state index is 12.8. The third kappa shape index (κ3) is 5.76. The molecule has 26 heavy (non-hydrogen) atoms. The zero-order valence-corrected chi connectivity index (χ0v) is 16.9. The van der Waals surface area contributed by atoms with Gasteiger partial charge in [-0.15, -0.1) is 0 Å². The minimum atomic E-state index is -0.544.